The maximum Gasteiger partial charge on any atom is 0.335 e. The van der Waals surface area contributed by atoms with Gasteiger partial charge in [-0.2, -0.15) is 0 Å². The number of carboxylic acids is 1. The Bertz CT molecular complexity index is 705. The van der Waals surface area contributed by atoms with E-state index in [1.54, 1.807) is 12.1 Å². The summed E-state index contributed by atoms with van der Waals surface area (Å²) in [6.45, 7) is 0. The zero-order valence-corrected chi connectivity index (χ0v) is 11.5. The first-order valence-electron chi connectivity index (χ1n) is 5.86. The van der Waals surface area contributed by atoms with Gasteiger partial charge >= 0.3 is 5.97 Å². The smallest absolute Gasteiger partial charge is 0.335 e. The normalized spacial score (nSPS) is 10.3. The molecule has 0 saturated carbocycles. The third-order valence-electron chi connectivity index (χ3n) is 2.69. The molecular formula is C14H10FNO4S. The van der Waals surface area contributed by atoms with Gasteiger partial charge in [-0.15, -0.1) is 11.8 Å². The number of non-ortho nitro benzene ring substituents is 1. The van der Waals surface area contributed by atoms with Crippen LogP contribution in [0.15, 0.2) is 47.4 Å². The van der Waals surface area contributed by atoms with Crippen molar-refractivity contribution in [2.45, 2.75) is 10.6 Å². The zero-order valence-electron chi connectivity index (χ0n) is 10.7. The SMILES string of the molecule is O=C(O)c1ccc(F)c(SCc2cccc([N+](=O)[O-])c2)c1. The molecule has 0 aromatic heterocycles. The molecule has 0 aliphatic carbocycles. The first kappa shape index (κ1) is 15.0. The Balaban J connectivity index is 2.16. The van der Waals surface area contributed by atoms with E-state index in [0.717, 1.165) is 17.8 Å². The first-order valence-corrected chi connectivity index (χ1v) is 6.85. The van der Waals surface area contributed by atoms with E-state index in [0.29, 0.717) is 11.3 Å². The third-order valence-corrected chi connectivity index (χ3v) is 3.80. The Morgan fingerprint density at radius 3 is 2.71 bits per heavy atom. The van der Waals surface area contributed by atoms with Crippen molar-refractivity contribution >= 4 is 23.4 Å². The van der Waals surface area contributed by atoms with Gasteiger partial charge in [-0.25, -0.2) is 9.18 Å². The Labute approximate surface area is 123 Å². The van der Waals surface area contributed by atoms with Crippen LogP contribution in [0.1, 0.15) is 15.9 Å². The number of hydrogen-bond acceptors (Lipinski definition) is 4. The van der Waals surface area contributed by atoms with Gasteiger partial charge in [0.25, 0.3) is 5.69 Å². The highest BCUT2D eigenvalue weighted by Gasteiger charge is 2.10. The summed E-state index contributed by atoms with van der Waals surface area (Å²) >= 11 is 1.09. The fourth-order valence-corrected chi connectivity index (χ4v) is 2.59. The maximum absolute atomic E-state index is 13.6. The van der Waals surface area contributed by atoms with Crippen LogP contribution in [0.25, 0.3) is 0 Å². The van der Waals surface area contributed by atoms with Crippen molar-refractivity contribution in [3.8, 4) is 0 Å². The molecule has 0 atom stereocenters. The molecule has 2 aromatic carbocycles. The summed E-state index contributed by atoms with van der Waals surface area (Å²) in [6.07, 6.45) is 0. The van der Waals surface area contributed by atoms with Crippen LogP contribution in [0, 0.1) is 15.9 Å². The molecule has 5 nitrogen and oxygen atoms in total. The van der Waals surface area contributed by atoms with Crippen molar-refractivity contribution in [1.29, 1.82) is 0 Å². The predicted molar refractivity (Wildman–Crippen MR) is 76.0 cm³/mol. The second-order valence-corrected chi connectivity index (χ2v) is 5.18. The van der Waals surface area contributed by atoms with Crippen molar-refractivity contribution < 1.29 is 19.2 Å². The number of thioether (sulfide) groups is 1. The molecule has 0 saturated heterocycles. The van der Waals surface area contributed by atoms with Crippen LogP contribution < -0.4 is 0 Å². The number of aromatic carboxylic acids is 1. The number of hydrogen-bond donors (Lipinski definition) is 1. The molecule has 1 N–H and O–H groups in total. The summed E-state index contributed by atoms with van der Waals surface area (Å²) in [5.41, 5.74) is 0.625. The quantitative estimate of drug-likeness (QED) is 0.517. The number of carbonyl (C=O) groups is 1. The number of halogens is 1. The van der Waals surface area contributed by atoms with Crippen LogP contribution in [0.5, 0.6) is 0 Å². The third kappa shape index (κ3) is 3.79. The molecule has 0 aliphatic heterocycles. The second kappa shape index (κ2) is 6.36. The zero-order chi connectivity index (χ0) is 15.4. The lowest BCUT2D eigenvalue weighted by atomic mass is 10.2. The highest BCUT2D eigenvalue weighted by Crippen LogP contribution is 2.27. The summed E-state index contributed by atoms with van der Waals surface area (Å²) < 4.78 is 13.6. The molecule has 0 amide bonds. The number of nitro benzene ring substituents is 1. The largest absolute Gasteiger partial charge is 0.478 e. The Morgan fingerprint density at radius 1 is 1.29 bits per heavy atom. The van der Waals surface area contributed by atoms with Crippen molar-refractivity contribution in [1.82, 2.24) is 0 Å². The molecule has 7 heteroatoms. The van der Waals surface area contributed by atoms with Crippen LogP contribution >= 0.6 is 11.8 Å². The minimum Gasteiger partial charge on any atom is -0.478 e. The van der Waals surface area contributed by atoms with Gasteiger partial charge in [0, 0.05) is 22.8 Å². The average molecular weight is 307 g/mol. The Kier molecular flexibility index (Phi) is 4.54. The lowest BCUT2D eigenvalue weighted by Gasteiger charge is -2.05. The summed E-state index contributed by atoms with van der Waals surface area (Å²) in [7, 11) is 0. The van der Waals surface area contributed by atoms with E-state index in [1.165, 1.54) is 24.3 Å². The van der Waals surface area contributed by atoms with Crippen LogP contribution in [-0.4, -0.2) is 16.0 Å². The van der Waals surface area contributed by atoms with Gasteiger partial charge in [-0.3, -0.25) is 10.1 Å². The maximum atomic E-state index is 13.6. The van der Waals surface area contributed by atoms with Gasteiger partial charge in [0.15, 0.2) is 0 Å². The number of benzene rings is 2. The Hall–Kier alpha value is -2.41. The molecule has 0 heterocycles. The number of rotatable bonds is 5. The van der Waals surface area contributed by atoms with E-state index in [4.69, 9.17) is 5.11 Å². The lowest BCUT2D eigenvalue weighted by molar-refractivity contribution is -0.384. The fraction of sp³-hybridized carbons (Fsp3) is 0.0714. The fourth-order valence-electron chi connectivity index (χ4n) is 1.67. The van der Waals surface area contributed by atoms with Gasteiger partial charge in [0.2, 0.25) is 0 Å². The standard InChI is InChI=1S/C14H10FNO4S/c15-12-5-4-10(14(17)18)7-13(12)21-8-9-2-1-3-11(6-9)16(19)20/h1-7H,8H2,(H,17,18). The van der Waals surface area contributed by atoms with Crippen molar-refractivity contribution in [2.24, 2.45) is 0 Å². The van der Waals surface area contributed by atoms with E-state index in [1.807, 2.05) is 0 Å². The van der Waals surface area contributed by atoms with Crippen molar-refractivity contribution in [2.75, 3.05) is 0 Å². The van der Waals surface area contributed by atoms with E-state index in [-0.39, 0.29) is 16.1 Å². The minimum absolute atomic E-state index is 0.00191. The highest BCUT2D eigenvalue weighted by molar-refractivity contribution is 7.98. The van der Waals surface area contributed by atoms with Gasteiger partial charge in [-0.1, -0.05) is 12.1 Å². The molecule has 2 aromatic rings. The molecule has 108 valence electrons. The highest BCUT2D eigenvalue weighted by atomic mass is 32.2. The molecule has 21 heavy (non-hydrogen) atoms. The average Bonchev–Trinajstić information content (AvgIpc) is 2.46. The van der Waals surface area contributed by atoms with Crippen LogP contribution in [0.2, 0.25) is 0 Å². The van der Waals surface area contributed by atoms with Gasteiger partial charge in [0.05, 0.1) is 10.5 Å². The summed E-state index contributed by atoms with van der Waals surface area (Å²) in [6, 6.07) is 9.57. The van der Waals surface area contributed by atoms with Gasteiger partial charge in [0.1, 0.15) is 5.82 Å². The molecule has 0 spiro atoms. The second-order valence-electron chi connectivity index (χ2n) is 4.17. The number of carboxylic acid groups (broad SMARTS) is 1. The molecular weight excluding hydrogens is 297 g/mol. The lowest BCUT2D eigenvalue weighted by Crippen LogP contribution is -1.97. The topological polar surface area (TPSA) is 80.4 Å². The van der Waals surface area contributed by atoms with E-state index >= 15 is 0 Å². The minimum atomic E-state index is -1.13. The molecule has 2 rings (SSSR count). The monoisotopic (exact) mass is 307 g/mol. The summed E-state index contributed by atoms with van der Waals surface area (Å²) in [4.78, 5) is 21.2. The Morgan fingerprint density at radius 2 is 2.05 bits per heavy atom. The van der Waals surface area contributed by atoms with Crippen LogP contribution in [0.3, 0.4) is 0 Å². The summed E-state index contributed by atoms with van der Waals surface area (Å²) in [5, 5.41) is 19.6. The van der Waals surface area contributed by atoms with Crippen LogP contribution in [-0.2, 0) is 5.75 Å². The van der Waals surface area contributed by atoms with Crippen molar-refractivity contribution in [3.05, 3.63) is 69.5 Å². The van der Waals surface area contributed by atoms with E-state index < -0.39 is 16.7 Å². The van der Waals surface area contributed by atoms with E-state index in [9.17, 15) is 19.3 Å². The number of nitro groups is 1. The van der Waals surface area contributed by atoms with E-state index in [2.05, 4.69) is 0 Å². The molecule has 0 bridgehead atoms. The molecule has 0 aliphatic rings. The van der Waals surface area contributed by atoms with Gasteiger partial charge in [-0.05, 0) is 23.8 Å². The first-order chi connectivity index (χ1) is 9.97. The predicted octanol–water partition coefficient (Wildman–Crippen LogP) is 3.72. The molecule has 0 unspecified atom stereocenters. The number of nitrogens with zero attached hydrogens (tertiary/aromatic N) is 1. The van der Waals surface area contributed by atoms with Gasteiger partial charge < -0.3 is 5.11 Å². The molecule has 0 radical (unpaired) electrons. The van der Waals surface area contributed by atoms with Crippen molar-refractivity contribution in [3.63, 3.8) is 0 Å². The van der Waals surface area contributed by atoms with Crippen LogP contribution in [0.4, 0.5) is 10.1 Å². The summed E-state index contributed by atoms with van der Waals surface area (Å²) in [5.74, 6) is -1.34. The molecule has 0 fully saturated rings.